The molecular weight excluding hydrogens is 269 g/mol. The molecule has 2 rings (SSSR count). The molecule has 0 aliphatic rings. The molecule has 4 heteroatoms. The van der Waals surface area contributed by atoms with Crippen molar-refractivity contribution in [3.05, 3.63) is 59.7 Å². The number of pyridine rings is 1. The second kappa shape index (κ2) is 8.03. The highest BCUT2D eigenvalue weighted by Crippen LogP contribution is 2.16. The van der Waals surface area contributed by atoms with Gasteiger partial charge >= 0.3 is 0 Å². The minimum Gasteiger partial charge on any atom is -0.493 e. The number of ether oxygens (including phenoxy) is 1. The van der Waals surface area contributed by atoms with Crippen LogP contribution in [0, 0.1) is 17.7 Å². The monoisotopic (exact) mass is 285 g/mol. The van der Waals surface area contributed by atoms with E-state index in [1.54, 1.807) is 24.5 Å². The van der Waals surface area contributed by atoms with Crippen LogP contribution in [0.25, 0.3) is 0 Å². The summed E-state index contributed by atoms with van der Waals surface area (Å²) in [6.45, 7) is 0.435. The van der Waals surface area contributed by atoms with Gasteiger partial charge < -0.3 is 9.84 Å². The Labute approximate surface area is 123 Å². The Morgan fingerprint density at radius 2 is 2.19 bits per heavy atom. The van der Waals surface area contributed by atoms with Gasteiger partial charge in [0.2, 0.25) is 0 Å². The molecule has 0 amide bonds. The Hall–Kier alpha value is -2.38. The first-order valence-corrected chi connectivity index (χ1v) is 6.70. The smallest absolute Gasteiger partial charge is 0.142 e. The van der Waals surface area contributed by atoms with E-state index < -0.39 is 5.82 Å². The van der Waals surface area contributed by atoms with Crippen LogP contribution in [0.15, 0.2) is 42.7 Å². The number of aliphatic hydroxyl groups is 1. The number of hydrogen-bond acceptors (Lipinski definition) is 3. The molecule has 0 atom stereocenters. The molecular formula is C17H16FNO2. The number of nitrogens with zero attached hydrogens (tertiary/aromatic N) is 1. The molecule has 1 N–H and O–H groups in total. The molecule has 0 radical (unpaired) electrons. The summed E-state index contributed by atoms with van der Waals surface area (Å²) in [4.78, 5) is 4.02. The van der Waals surface area contributed by atoms with E-state index in [1.165, 1.54) is 6.07 Å². The number of benzene rings is 1. The summed E-state index contributed by atoms with van der Waals surface area (Å²) in [6, 6.07) is 8.44. The highest BCUT2D eigenvalue weighted by atomic mass is 19.1. The van der Waals surface area contributed by atoms with Crippen LogP contribution in [0.2, 0.25) is 0 Å². The van der Waals surface area contributed by atoms with E-state index in [4.69, 9.17) is 9.84 Å². The van der Waals surface area contributed by atoms with E-state index in [-0.39, 0.29) is 6.61 Å². The highest BCUT2D eigenvalue weighted by Gasteiger charge is 2.02. The quantitative estimate of drug-likeness (QED) is 0.859. The van der Waals surface area contributed by atoms with Crippen LogP contribution >= 0.6 is 0 Å². The van der Waals surface area contributed by atoms with E-state index in [1.807, 2.05) is 12.1 Å². The molecule has 108 valence electrons. The number of hydrogen-bond donors (Lipinski definition) is 1. The van der Waals surface area contributed by atoms with Crippen LogP contribution in [0.1, 0.15) is 17.5 Å². The van der Waals surface area contributed by atoms with Crippen LogP contribution in [-0.2, 0) is 6.42 Å². The van der Waals surface area contributed by atoms with Crippen LogP contribution in [0.5, 0.6) is 5.75 Å². The molecule has 1 heterocycles. The lowest BCUT2D eigenvalue weighted by atomic mass is 10.2. The fourth-order valence-electron chi connectivity index (χ4n) is 1.73. The third-order valence-corrected chi connectivity index (χ3v) is 2.78. The molecule has 0 aliphatic carbocycles. The fourth-order valence-corrected chi connectivity index (χ4v) is 1.73. The van der Waals surface area contributed by atoms with Gasteiger partial charge in [0.15, 0.2) is 0 Å². The first-order chi connectivity index (χ1) is 10.3. The normalized spacial score (nSPS) is 9.81. The summed E-state index contributed by atoms with van der Waals surface area (Å²) in [6.07, 6.45) is 4.55. The van der Waals surface area contributed by atoms with Crippen molar-refractivity contribution < 1.29 is 14.2 Å². The molecule has 0 saturated heterocycles. The predicted molar refractivity (Wildman–Crippen MR) is 78.4 cm³/mol. The van der Waals surface area contributed by atoms with Gasteiger partial charge in [0, 0.05) is 31.3 Å². The van der Waals surface area contributed by atoms with Crippen molar-refractivity contribution in [2.24, 2.45) is 0 Å². The second-order valence-electron chi connectivity index (χ2n) is 4.38. The summed E-state index contributed by atoms with van der Waals surface area (Å²) in [5.41, 5.74) is 1.38. The standard InChI is InChI=1S/C17H16FNO2/c18-17-12-16(7-6-15(17)5-1-2-10-20)21-11-8-14-4-3-9-19-13-14/h3-4,6-7,9,12-13,20H,2,8,10-11H2. The molecule has 1 aromatic carbocycles. The molecule has 3 nitrogen and oxygen atoms in total. The molecule has 0 saturated carbocycles. The molecule has 0 spiro atoms. The van der Waals surface area contributed by atoms with Gasteiger partial charge in [-0.1, -0.05) is 17.9 Å². The average molecular weight is 285 g/mol. The number of aliphatic hydroxyl groups excluding tert-OH is 1. The van der Waals surface area contributed by atoms with E-state index in [9.17, 15) is 4.39 Å². The van der Waals surface area contributed by atoms with Crippen molar-refractivity contribution in [3.8, 4) is 17.6 Å². The SMILES string of the molecule is OCCC#Cc1ccc(OCCc2cccnc2)cc1F. The van der Waals surface area contributed by atoms with Gasteiger partial charge in [-0.3, -0.25) is 4.98 Å². The molecule has 2 aromatic rings. The van der Waals surface area contributed by atoms with Gasteiger partial charge in [0.25, 0.3) is 0 Å². The third kappa shape index (κ3) is 4.90. The van der Waals surface area contributed by atoms with Crippen molar-refractivity contribution in [2.75, 3.05) is 13.2 Å². The fraction of sp³-hybridized carbons (Fsp3) is 0.235. The van der Waals surface area contributed by atoms with Gasteiger partial charge in [-0.2, -0.15) is 0 Å². The Balaban J connectivity index is 1.90. The largest absolute Gasteiger partial charge is 0.493 e. The van der Waals surface area contributed by atoms with Gasteiger partial charge in [0.1, 0.15) is 11.6 Å². The molecule has 0 fully saturated rings. The molecule has 0 aliphatic heterocycles. The third-order valence-electron chi connectivity index (χ3n) is 2.78. The second-order valence-corrected chi connectivity index (χ2v) is 4.38. The van der Waals surface area contributed by atoms with E-state index in [0.29, 0.717) is 30.8 Å². The zero-order chi connectivity index (χ0) is 14.9. The maximum absolute atomic E-state index is 13.8. The molecule has 1 aromatic heterocycles. The van der Waals surface area contributed by atoms with Crippen molar-refractivity contribution in [2.45, 2.75) is 12.8 Å². The van der Waals surface area contributed by atoms with Crippen molar-refractivity contribution in [1.82, 2.24) is 4.98 Å². The topological polar surface area (TPSA) is 42.4 Å². The minimum absolute atomic E-state index is 0.0237. The first-order valence-electron chi connectivity index (χ1n) is 6.70. The maximum atomic E-state index is 13.8. The summed E-state index contributed by atoms with van der Waals surface area (Å²) < 4.78 is 19.3. The van der Waals surface area contributed by atoms with E-state index in [0.717, 1.165) is 5.56 Å². The summed E-state index contributed by atoms with van der Waals surface area (Å²) in [7, 11) is 0. The van der Waals surface area contributed by atoms with E-state index >= 15 is 0 Å². The Bertz CT molecular complexity index is 632. The van der Waals surface area contributed by atoms with Gasteiger partial charge in [0.05, 0.1) is 18.8 Å². The number of halogens is 1. The van der Waals surface area contributed by atoms with Crippen LogP contribution < -0.4 is 4.74 Å². The first kappa shape index (κ1) is 15.0. The lowest BCUT2D eigenvalue weighted by Crippen LogP contribution is -2.02. The van der Waals surface area contributed by atoms with Gasteiger partial charge in [-0.15, -0.1) is 0 Å². The Kier molecular flexibility index (Phi) is 5.74. The van der Waals surface area contributed by atoms with Crippen LogP contribution in [-0.4, -0.2) is 23.3 Å². The van der Waals surface area contributed by atoms with Crippen molar-refractivity contribution in [1.29, 1.82) is 0 Å². The Morgan fingerprint density at radius 3 is 2.90 bits per heavy atom. The molecule has 21 heavy (non-hydrogen) atoms. The molecule has 0 unspecified atom stereocenters. The van der Waals surface area contributed by atoms with Crippen molar-refractivity contribution in [3.63, 3.8) is 0 Å². The van der Waals surface area contributed by atoms with Gasteiger partial charge in [-0.05, 0) is 23.8 Å². The highest BCUT2D eigenvalue weighted by molar-refractivity contribution is 5.39. The van der Waals surface area contributed by atoms with Crippen molar-refractivity contribution >= 4 is 0 Å². The minimum atomic E-state index is -0.417. The number of rotatable bonds is 5. The molecule has 0 bridgehead atoms. The Morgan fingerprint density at radius 1 is 1.29 bits per heavy atom. The van der Waals surface area contributed by atoms with Crippen LogP contribution in [0.3, 0.4) is 0 Å². The summed E-state index contributed by atoms with van der Waals surface area (Å²) in [5.74, 6) is 5.42. The maximum Gasteiger partial charge on any atom is 0.142 e. The summed E-state index contributed by atoms with van der Waals surface area (Å²) in [5, 5.41) is 8.63. The lowest BCUT2D eigenvalue weighted by molar-refractivity contribution is 0.305. The van der Waals surface area contributed by atoms with Crippen LogP contribution in [0.4, 0.5) is 4.39 Å². The van der Waals surface area contributed by atoms with E-state index in [2.05, 4.69) is 16.8 Å². The summed E-state index contributed by atoms with van der Waals surface area (Å²) >= 11 is 0. The van der Waals surface area contributed by atoms with Gasteiger partial charge in [-0.25, -0.2) is 4.39 Å². The zero-order valence-electron chi connectivity index (χ0n) is 11.6. The lowest BCUT2D eigenvalue weighted by Gasteiger charge is -2.06. The average Bonchev–Trinajstić information content (AvgIpc) is 2.51. The number of aromatic nitrogens is 1. The zero-order valence-corrected chi connectivity index (χ0v) is 11.6. The predicted octanol–water partition coefficient (Wildman–Crippen LogP) is 2.58.